The molecule has 4 atom stereocenters. The normalized spacial score (nSPS) is 40.9. The number of nitrogens with one attached hydrogen (secondary N) is 1. The molecule has 2 aliphatic rings. The van der Waals surface area contributed by atoms with Crippen LogP contribution in [0.15, 0.2) is 0 Å². The van der Waals surface area contributed by atoms with Gasteiger partial charge >= 0.3 is 0 Å². The van der Waals surface area contributed by atoms with E-state index in [1.807, 2.05) is 0 Å². The summed E-state index contributed by atoms with van der Waals surface area (Å²) in [7, 11) is 0. The summed E-state index contributed by atoms with van der Waals surface area (Å²) in [5, 5.41) is 5.65. The molecular formula is C13H25NS2. The smallest absolute Gasteiger partial charge is 0.0198 e. The summed E-state index contributed by atoms with van der Waals surface area (Å²) in [6, 6.07) is 1.56. The minimum absolute atomic E-state index is 0.775. The lowest BCUT2D eigenvalue weighted by molar-refractivity contribution is 0.330. The molecule has 0 aromatic carbocycles. The van der Waals surface area contributed by atoms with Gasteiger partial charge in [0.05, 0.1) is 0 Å². The molecule has 1 aliphatic carbocycles. The Kier molecular flexibility index (Phi) is 5.37. The van der Waals surface area contributed by atoms with Crippen LogP contribution >= 0.6 is 23.5 Å². The Bertz CT molecular complexity index is 210. The average molecular weight is 259 g/mol. The summed E-state index contributed by atoms with van der Waals surface area (Å²) in [5.41, 5.74) is 0. The molecule has 0 spiro atoms. The summed E-state index contributed by atoms with van der Waals surface area (Å²) in [6.07, 6.45) is 10.8. The lowest BCUT2D eigenvalue weighted by Gasteiger charge is -2.38. The lowest BCUT2D eigenvalue weighted by Crippen LogP contribution is -2.50. The van der Waals surface area contributed by atoms with E-state index < -0.39 is 0 Å². The fourth-order valence-electron chi connectivity index (χ4n) is 2.99. The van der Waals surface area contributed by atoms with E-state index in [4.69, 9.17) is 0 Å². The summed E-state index contributed by atoms with van der Waals surface area (Å²) < 4.78 is 0. The third-order valence-corrected chi connectivity index (χ3v) is 6.59. The summed E-state index contributed by atoms with van der Waals surface area (Å²) >= 11 is 4.23. The maximum Gasteiger partial charge on any atom is 0.0198 e. The van der Waals surface area contributed by atoms with Gasteiger partial charge in [-0.25, -0.2) is 0 Å². The Hall–Kier alpha value is 0.660. The van der Waals surface area contributed by atoms with Gasteiger partial charge in [0.25, 0.3) is 0 Å². The zero-order valence-electron chi connectivity index (χ0n) is 10.6. The molecule has 0 radical (unpaired) electrons. The molecule has 0 aromatic rings. The van der Waals surface area contributed by atoms with Gasteiger partial charge in [-0.15, -0.1) is 0 Å². The molecule has 3 heteroatoms. The fraction of sp³-hybridized carbons (Fsp3) is 1.00. The molecule has 16 heavy (non-hydrogen) atoms. The van der Waals surface area contributed by atoms with Crippen LogP contribution in [-0.4, -0.2) is 34.6 Å². The fourth-order valence-corrected chi connectivity index (χ4v) is 5.08. The molecular weight excluding hydrogens is 234 g/mol. The SMILES string of the molecule is CSC1CCCCC1NC1CCCSC1C. The van der Waals surface area contributed by atoms with E-state index >= 15 is 0 Å². The number of hydrogen-bond acceptors (Lipinski definition) is 3. The molecule has 1 saturated heterocycles. The van der Waals surface area contributed by atoms with Crippen molar-refractivity contribution in [1.82, 2.24) is 5.32 Å². The van der Waals surface area contributed by atoms with Crippen molar-refractivity contribution in [1.29, 1.82) is 0 Å². The van der Waals surface area contributed by atoms with Crippen molar-refractivity contribution in [3.8, 4) is 0 Å². The molecule has 4 unspecified atom stereocenters. The van der Waals surface area contributed by atoms with E-state index in [-0.39, 0.29) is 0 Å². The topological polar surface area (TPSA) is 12.0 Å². The second-order valence-electron chi connectivity index (χ2n) is 5.16. The Balaban J connectivity index is 1.86. The van der Waals surface area contributed by atoms with E-state index in [9.17, 15) is 0 Å². The highest BCUT2D eigenvalue weighted by Crippen LogP contribution is 2.30. The predicted molar refractivity (Wildman–Crippen MR) is 77.6 cm³/mol. The predicted octanol–water partition coefficient (Wildman–Crippen LogP) is 3.53. The lowest BCUT2D eigenvalue weighted by atomic mass is 9.93. The standard InChI is InChI=1S/C13H25NS2/c1-10-11(7-5-9-16-10)14-12-6-3-4-8-13(12)15-2/h10-14H,3-9H2,1-2H3. The van der Waals surface area contributed by atoms with Gasteiger partial charge in [0.1, 0.15) is 0 Å². The average Bonchev–Trinajstić information content (AvgIpc) is 2.33. The molecule has 2 rings (SSSR count). The highest BCUT2D eigenvalue weighted by Gasteiger charge is 2.29. The molecule has 1 N–H and O–H groups in total. The van der Waals surface area contributed by atoms with Crippen molar-refractivity contribution in [2.24, 2.45) is 0 Å². The molecule has 1 aliphatic heterocycles. The first kappa shape index (κ1) is 13.1. The summed E-state index contributed by atoms with van der Waals surface area (Å²) in [6.45, 7) is 2.40. The number of hydrogen-bond donors (Lipinski definition) is 1. The van der Waals surface area contributed by atoms with Gasteiger partial charge in [0.2, 0.25) is 0 Å². The zero-order valence-corrected chi connectivity index (χ0v) is 12.2. The van der Waals surface area contributed by atoms with Gasteiger partial charge in [-0.3, -0.25) is 0 Å². The zero-order chi connectivity index (χ0) is 11.4. The van der Waals surface area contributed by atoms with Gasteiger partial charge < -0.3 is 5.32 Å². The third kappa shape index (κ3) is 3.33. The van der Waals surface area contributed by atoms with Crippen LogP contribution < -0.4 is 5.32 Å². The largest absolute Gasteiger partial charge is 0.309 e. The molecule has 1 nitrogen and oxygen atoms in total. The Morgan fingerprint density at radius 2 is 1.81 bits per heavy atom. The van der Waals surface area contributed by atoms with Crippen molar-refractivity contribution >= 4 is 23.5 Å². The van der Waals surface area contributed by atoms with Crippen LogP contribution in [0.1, 0.15) is 45.4 Å². The number of rotatable bonds is 3. The molecule has 0 amide bonds. The van der Waals surface area contributed by atoms with E-state index in [0.29, 0.717) is 0 Å². The van der Waals surface area contributed by atoms with Crippen LogP contribution in [0.2, 0.25) is 0 Å². The first-order valence-corrected chi connectivity index (χ1v) is 9.05. The maximum absolute atomic E-state index is 3.97. The second-order valence-corrected chi connectivity index (χ2v) is 7.72. The van der Waals surface area contributed by atoms with Crippen molar-refractivity contribution in [3.63, 3.8) is 0 Å². The van der Waals surface area contributed by atoms with Gasteiger partial charge in [0, 0.05) is 22.6 Å². The Morgan fingerprint density at radius 1 is 1.06 bits per heavy atom. The Labute approximate surface area is 109 Å². The molecule has 1 saturated carbocycles. The van der Waals surface area contributed by atoms with Crippen molar-refractivity contribution < 1.29 is 0 Å². The first-order valence-electron chi connectivity index (χ1n) is 6.71. The minimum atomic E-state index is 0.775. The van der Waals surface area contributed by atoms with Crippen LogP contribution in [0, 0.1) is 0 Å². The monoisotopic (exact) mass is 259 g/mol. The summed E-state index contributed by atoms with van der Waals surface area (Å²) in [5.74, 6) is 1.37. The van der Waals surface area contributed by atoms with Gasteiger partial charge in [-0.05, 0) is 37.7 Å². The van der Waals surface area contributed by atoms with E-state index in [2.05, 4.69) is 42.0 Å². The minimum Gasteiger partial charge on any atom is -0.309 e. The van der Waals surface area contributed by atoms with Crippen LogP contribution in [0.4, 0.5) is 0 Å². The summed E-state index contributed by atoms with van der Waals surface area (Å²) in [4.78, 5) is 0. The molecule has 1 heterocycles. The van der Waals surface area contributed by atoms with Gasteiger partial charge in [-0.2, -0.15) is 23.5 Å². The van der Waals surface area contributed by atoms with E-state index in [1.165, 1.54) is 44.3 Å². The molecule has 2 fully saturated rings. The molecule has 0 aromatic heterocycles. The van der Waals surface area contributed by atoms with Crippen molar-refractivity contribution in [2.75, 3.05) is 12.0 Å². The molecule has 0 bridgehead atoms. The van der Waals surface area contributed by atoms with Crippen molar-refractivity contribution in [2.45, 2.75) is 68.0 Å². The molecule has 94 valence electrons. The van der Waals surface area contributed by atoms with Crippen LogP contribution in [0.3, 0.4) is 0 Å². The van der Waals surface area contributed by atoms with Crippen LogP contribution in [-0.2, 0) is 0 Å². The van der Waals surface area contributed by atoms with E-state index in [0.717, 1.165) is 22.6 Å². The van der Waals surface area contributed by atoms with Crippen molar-refractivity contribution in [3.05, 3.63) is 0 Å². The highest BCUT2D eigenvalue weighted by atomic mass is 32.2. The first-order chi connectivity index (χ1) is 7.81. The highest BCUT2D eigenvalue weighted by molar-refractivity contribution is 8.00. The van der Waals surface area contributed by atoms with E-state index in [1.54, 1.807) is 0 Å². The van der Waals surface area contributed by atoms with Crippen LogP contribution in [0.25, 0.3) is 0 Å². The maximum atomic E-state index is 3.97. The third-order valence-electron chi connectivity index (χ3n) is 4.04. The quantitative estimate of drug-likeness (QED) is 0.833. The number of thioether (sulfide) groups is 2. The van der Waals surface area contributed by atoms with Gasteiger partial charge in [0.15, 0.2) is 0 Å². The second kappa shape index (κ2) is 6.55. The Morgan fingerprint density at radius 3 is 2.56 bits per heavy atom. The van der Waals surface area contributed by atoms with Gasteiger partial charge in [-0.1, -0.05) is 19.8 Å². The van der Waals surface area contributed by atoms with Crippen LogP contribution in [0.5, 0.6) is 0 Å².